The van der Waals surface area contributed by atoms with Gasteiger partial charge in [0.2, 0.25) is 0 Å². The van der Waals surface area contributed by atoms with Gasteiger partial charge in [-0.25, -0.2) is 4.39 Å². The van der Waals surface area contributed by atoms with Gasteiger partial charge in [-0.1, -0.05) is 19.8 Å². The summed E-state index contributed by atoms with van der Waals surface area (Å²) in [6.07, 6.45) is 4.38. The molecule has 0 spiro atoms. The zero-order chi connectivity index (χ0) is 13.8. The first-order valence-electron chi connectivity index (χ1n) is 6.78. The molecular formula is C15H20FNO2. The van der Waals surface area contributed by atoms with E-state index in [9.17, 15) is 9.18 Å². The van der Waals surface area contributed by atoms with Gasteiger partial charge in [0.05, 0.1) is 12.7 Å². The summed E-state index contributed by atoms with van der Waals surface area (Å²) in [4.78, 5) is 12.0. The lowest BCUT2D eigenvalue weighted by molar-refractivity contribution is 0.0928. The lowest BCUT2D eigenvalue weighted by Gasteiger charge is -2.17. The third kappa shape index (κ3) is 3.69. The Labute approximate surface area is 113 Å². The summed E-state index contributed by atoms with van der Waals surface area (Å²) < 4.78 is 18.7. The van der Waals surface area contributed by atoms with Gasteiger partial charge in [-0.05, 0) is 30.9 Å². The Morgan fingerprint density at radius 3 is 2.79 bits per heavy atom. The van der Waals surface area contributed by atoms with Crippen LogP contribution in [0.4, 0.5) is 4.39 Å². The summed E-state index contributed by atoms with van der Waals surface area (Å²) in [6.45, 7) is 2.04. The van der Waals surface area contributed by atoms with Crippen molar-refractivity contribution in [1.82, 2.24) is 5.32 Å². The number of nitrogens with one attached hydrogen (secondary N) is 1. The highest BCUT2D eigenvalue weighted by Crippen LogP contribution is 2.34. The Balaban J connectivity index is 2.01. The fraction of sp³-hybridized carbons (Fsp3) is 0.533. The molecule has 0 aliphatic heterocycles. The molecule has 1 unspecified atom stereocenters. The van der Waals surface area contributed by atoms with Gasteiger partial charge in [0.15, 0.2) is 0 Å². The molecule has 1 fully saturated rings. The quantitative estimate of drug-likeness (QED) is 0.858. The molecule has 104 valence electrons. The van der Waals surface area contributed by atoms with Gasteiger partial charge in [-0.2, -0.15) is 0 Å². The van der Waals surface area contributed by atoms with Crippen LogP contribution in [0.3, 0.4) is 0 Å². The molecule has 1 aliphatic rings. The van der Waals surface area contributed by atoms with Crippen LogP contribution < -0.4 is 10.1 Å². The number of amides is 1. The van der Waals surface area contributed by atoms with E-state index in [1.165, 1.54) is 32.1 Å². The Bertz CT molecular complexity index is 457. The molecule has 0 aromatic heterocycles. The molecule has 0 heterocycles. The van der Waals surface area contributed by atoms with Gasteiger partial charge in [0.25, 0.3) is 5.91 Å². The summed E-state index contributed by atoms with van der Waals surface area (Å²) in [6, 6.07) is 4.44. The van der Waals surface area contributed by atoms with E-state index in [1.807, 2.05) is 6.92 Å². The minimum Gasteiger partial charge on any atom is -0.497 e. The summed E-state index contributed by atoms with van der Waals surface area (Å²) in [5.41, 5.74) is 0.0787. The highest BCUT2D eigenvalue weighted by atomic mass is 19.1. The molecule has 19 heavy (non-hydrogen) atoms. The van der Waals surface area contributed by atoms with Crippen molar-refractivity contribution in [2.45, 2.75) is 38.6 Å². The lowest BCUT2D eigenvalue weighted by Crippen LogP contribution is -2.35. The Kier molecular flexibility index (Phi) is 4.40. The first-order valence-corrected chi connectivity index (χ1v) is 6.78. The van der Waals surface area contributed by atoms with Crippen molar-refractivity contribution in [1.29, 1.82) is 0 Å². The Morgan fingerprint density at radius 1 is 1.53 bits per heavy atom. The van der Waals surface area contributed by atoms with Crippen LogP contribution in [0.25, 0.3) is 0 Å². The Hall–Kier alpha value is -1.58. The number of carbonyl (C=O) groups excluding carboxylic acids is 1. The van der Waals surface area contributed by atoms with Crippen molar-refractivity contribution >= 4 is 5.91 Å². The second-order valence-corrected chi connectivity index (χ2v) is 5.10. The molecule has 1 saturated carbocycles. The number of carbonyl (C=O) groups is 1. The average Bonchev–Trinajstić information content (AvgIpc) is 3.21. The van der Waals surface area contributed by atoms with Crippen LogP contribution in [0.5, 0.6) is 5.75 Å². The minimum atomic E-state index is -0.543. The first kappa shape index (κ1) is 13.8. The van der Waals surface area contributed by atoms with Gasteiger partial charge in [-0.15, -0.1) is 0 Å². The molecule has 1 amide bonds. The van der Waals surface area contributed by atoms with E-state index in [1.54, 1.807) is 6.07 Å². The van der Waals surface area contributed by atoms with E-state index in [2.05, 4.69) is 5.32 Å². The molecule has 0 saturated heterocycles. The fourth-order valence-electron chi connectivity index (χ4n) is 2.15. The normalized spacial score (nSPS) is 15.9. The van der Waals surface area contributed by atoms with Crippen molar-refractivity contribution in [3.05, 3.63) is 29.6 Å². The van der Waals surface area contributed by atoms with Crippen LogP contribution in [-0.2, 0) is 0 Å². The molecule has 1 aromatic carbocycles. The fourth-order valence-corrected chi connectivity index (χ4v) is 2.15. The first-order chi connectivity index (χ1) is 9.13. The SMILES string of the molecule is CCC(CC1CC1)NC(=O)c1ccc(OC)cc1F. The monoisotopic (exact) mass is 265 g/mol. The molecule has 1 aromatic rings. The summed E-state index contributed by atoms with van der Waals surface area (Å²) in [5.74, 6) is 0.274. The second kappa shape index (κ2) is 6.04. The standard InChI is InChI=1S/C15H20FNO2/c1-3-11(8-10-4-5-10)17-15(18)13-7-6-12(19-2)9-14(13)16/h6-7,9-11H,3-5,8H2,1-2H3,(H,17,18). The predicted molar refractivity (Wildman–Crippen MR) is 71.8 cm³/mol. The number of benzene rings is 1. The van der Waals surface area contributed by atoms with Gasteiger partial charge in [0, 0.05) is 12.1 Å². The van der Waals surface area contributed by atoms with Crippen molar-refractivity contribution in [2.24, 2.45) is 5.92 Å². The van der Waals surface area contributed by atoms with Crippen molar-refractivity contribution < 1.29 is 13.9 Å². The van der Waals surface area contributed by atoms with E-state index >= 15 is 0 Å². The summed E-state index contributed by atoms with van der Waals surface area (Å²) in [7, 11) is 1.47. The highest BCUT2D eigenvalue weighted by Gasteiger charge is 2.26. The topological polar surface area (TPSA) is 38.3 Å². The zero-order valence-corrected chi connectivity index (χ0v) is 11.4. The van der Waals surface area contributed by atoms with Crippen molar-refractivity contribution in [3.8, 4) is 5.75 Å². The van der Waals surface area contributed by atoms with Crippen LogP contribution in [0.1, 0.15) is 43.0 Å². The maximum Gasteiger partial charge on any atom is 0.254 e. The highest BCUT2D eigenvalue weighted by molar-refractivity contribution is 5.94. The van der Waals surface area contributed by atoms with E-state index in [0.717, 1.165) is 18.8 Å². The molecule has 1 atom stereocenters. The second-order valence-electron chi connectivity index (χ2n) is 5.10. The molecule has 2 rings (SSSR count). The van der Waals surface area contributed by atoms with E-state index < -0.39 is 5.82 Å². The number of ether oxygens (including phenoxy) is 1. The molecule has 0 radical (unpaired) electrons. The van der Waals surface area contributed by atoms with Crippen LogP contribution >= 0.6 is 0 Å². The summed E-state index contributed by atoms with van der Waals surface area (Å²) >= 11 is 0. The Morgan fingerprint density at radius 2 is 2.26 bits per heavy atom. The zero-order valence-electron chi connectivity index (χ0n) is 11.4. The minimum absolute atomic E-state index is 0.0787. The smallest absolute Gasteiger partial charge is 0.254 e. The molecule has 3 nitrogen and oxygen atoms in total. The van der Waals surface area contributed by atoms with E-state index in [4.69, 9.17) is 4.74 Å². The molecular weight excluding hydrogens is 245 g/mol. The molecule has 4 heteroatoms. The van der Waals surface area contributed by atoms with Crippen molar-refractivity contribution in [3.63, 3.8) is 0 Å². The van der Waals surface area contributed by atoms with Crippen LogP contribution in [0, 0.1) is 11.7 Å². The largest absolute Gasteiger partial charge is 0.497 e. The third-order valence-corrected chi connectivity index (χ3v) is 3.56. The third-order valence-electron chi connectivity index (χ3n) is 3.56. The molecule has 1 aliphatic carbocycles. The number of hydrogen-bond donors (Lipinski definition) is 1. The molecule has 0 bridgehead atoms. The van der Waals surface area contributed by atoms with Gasteiger partial charge < -0.3 is 10.1 Å². The predicted octanol–water partition coefficient (Wildman–Crippen LogP) is 3.14. The number of hydrogen-bond acceptors (Lipinski definition) is 2. The van der Waals surface area contributed by atoms with Crippen LogP contribution in [0.15, 0.2) is 18.2 Å². The molecule has 1 N–H and O–H groups in total. The van der Waals surface area contributed by atoms with Crippen LogP contribution in [0.2, 0.25) is 0 Å². The maximum atomic E-state index is 13.8. The number of methoxy groups -OCH3 is 1. The number of rotatable bonds is 6. The van der Waals surface area contributed by atoms with Gasteiger partial charge >= 0.3 is 0 Å². The number of halogens is 1. The van der Waals surface area contributed by atoms with Crippen molar-refractivity contribution in [2.75, 3.05) is 7.11 Å². The van der Waals surface area contributed by atoms with E-state index in [0.29, 0.717) is 5.75 Å². The average molecular weight is 265 g/mol. The maximum absolute atomic E-state index is 13.8. The van der Waals surface area contributed by atoms with Gasteiger partial charge in [-0.3, -0.25) is 4.79 Å². The lowest BCUT2D eigenvalue weighted by atomic mass is 10.1. The van der Waals surface area contributed by atoms with Crippen LogP contribution in [-0.4, -0.2) is 19.1 Å². The summed E-state index contributed by atoms with van der Waals surface area (Å²) in [5, 5.41) is 2.91. The van der Waals surface area contributed by atoms with E-state index in [-0.39, 0.29) is 17.5 Å². The van der Waals surface area contributed by atoms with Gasteiger partial charge in [0.1, 0.15) is 11.6 Å².